The molecule has 0 bridgehead atoms. The summed E-state index contributed by atoms with van der Waals surface area (Å²) in [5.74, 6) is 2.46. The summed E-state index contributed by atoms with van der Waals surface area (Å²) in [6.45, 7) is 7.91. The third-order valence-corrected chi connectivity index (χ3v) is 4.77. The number of aromatic amines is 1. The fourth-order valence-corrected chi connectivity index (χ4v) is 3.50. The Hall–Kier alpha value is -1.36. The van der Waals surface area contributed by atoms with Gasteiger partial charge in [-0.3, -0.25) is 4.79 Å². The number of aromatic nitrogens is 2. The standard InChI is InChI=1S/C16H26N4O/c1-2-14-17-15(11-16(21)18-14)20-9-5-13(6-10-20)12-19-7-3-4-8-19/h11,13H,2-10,12H2,1H3,(H,17,18,21). The minimum atomic E-state index is -0.0314. The maximum atomic E-state index is 11.7. The fourth-order valence-electron chi connectivity index (χ4n) is 3.50. The first-order valence-corrected chi connectivity index (χ1v) is 8.32. The number of nitrogens with one attached hydrogen (secondary N) is 1. The van der Waals surface area contributed by atoms with Gasteiger partial charge in [0, 0.05) is 32.1 Å². The molecule has 0 radical (unpaired) electrons. The average Bonchev–Trinajstić information content (AvgIpc) is 3.00. The van der Waals surface area contributed by atoms with Crippen LogP contribution < -0.4 is 10.5 Å². The molecule has 1 aromatic heterocycles. The second-order valence-corrected chi connectivity index (χ2v) is 6.34. The molecule has 0 saturated carbocycles. The molecule has 116 valence electrons. The lowest BCUT2D eigenvalue weighted by Crippen LogP contribution is -2.39. The normalized spacial score (nSPS) is 21.1. The molecule has 0 atom stereocenters. The van der Waals surface area contributed by atoms with E-state index in [1.54, 1.807) is 6.07 Å². The van der Waals surface area contributed by atoms with Crippen molar-refractivity contribution < 1.29 is 0 Å². The molecule has 0 amide bonds. The van der Waals surface area contributed by atoms with E-state index in [0.717, 1.165) is 37.1 Å². The molecule has 2 fully saturated rings. The van der Waals surface area contributed by atoms with E-state index in [2.05, 4.69) is 19.8 Å². The van der Waals surface area contributed by atoms with Crippen molar-refractivity contribution >= 4 is 5.82 Å². The quantitative estimate of drug-likeness (QED) is 0.916. The zero-order valence-electron chi connectivity index (χ0n) is 13.0. The lowest BCUT2D eigenvalue weighted by molar-refractivity contribution is 0.249. The maximum Gasteiger partial charge on any atom is 0.252 e. The number of hydrogen-bond donors (Lipinski definition) is 1. The molecule has 0 aliphatic carbocycles. The van der Waals surface area contributed by atoms with E-state index >= 15 is 0 Å². The molecule has 5 heteroatoms. The molecule has 1 aromatic rings. The van der Waals surface area contributed by atoms with E-state index < -0.39 is 0 Å². The number of anilines is 1. The summed E-state index contributed by atoms with van der Waals surface area (Å²) >= 11 is 0. The maximum absolute atomic E-state index is 11.7. The molecule has 21 heavy (non-hydrogen) atoms. The van der Waals surface area contributed by atoms with Gasteiger partial charge < -0.3 is 14.8 Å². The Morgan fingerprint density at radius 2 is 1.95 bits per heavy atom. The smallest absolute Gasteiger partial charge is 0.252 e. The summed E-state index contributed by atoms with van der Waals surface area (Å²) in [5.41, 5.74) is -0.0314. The number of piperidine rings is 1. The largest absolute Gasteiger partial charge is 0.356 e. The van der Waals surface area contributed by atoms with Crippen LogP contribution in [0.4, 0.5) is 5.82 Å². The van der Waals surface area contributed by atoms with Crippen LogP contribution in [0, 0.1) is 5.92 Å². The van der Waals surface area contributed by atoms with Crippen molar-refractivity contribution in [2.45, 2.75) is 39.0 Å². The topological polar surface area (TPSA) is 52.2 Å². The second-order valence-electron chi connectivity index (χ2n) is 6.34. The first-order valence-electron chi connectivity index (χ1n) is 8.32. The summed E-state index contributed by atoms with van der Waals surface area (Å²) in [4.78, 5) is 23.9. The van der Waals surface area contributed by atoms with Crippen molar-refractivity contribution in [1.29, 1.82) is 0 Å². The van der Waals surface area contributed by atoms with Gasteiger partial charge in [0.15, 0.2) is 0 Å². The Morgan fingerprint density at radius 1 is 1.24 bits per heavy atom. The minimum absolute atomic E-state index is 0.0314. The van der Waals surface area contributed by atoms with Gasteiger partial charge in [-0.1, -0.05) is 6.92 Å². The minimum Gasteiger partial charge on any atom is -0.356 e. The van der Waals surface area contributed by atoms with Gasteiger partial charge in [-0.25, -0.2) is 4.98 Å². The molecule has 0 unspecified atom stereocenters. The molecule has 2 aliphatic heterocycles. The van der Waals surface area contributed by atoms with E-state index in [0.29, 0.717) is 0 Å². The summed E-state index contributed by atoms with van der Waals surface area (Å²) in [7, 11) is 0. The van der Waals surface area contributed by atoms with Crippen LogP contribution in [0.3, 0.4) is 0 Å². The van der Waals surface area contributed by atoms with Gasteiger partial charge in [0.1, 0.15) is 11.6 Å². The number of H-pyrrole nitrogens is 1. The van der Waals surface area contributed by atoms with Crippen LogP contribution in [0.25, 0.3) is 0 Å². The molecule has 0 aromatic carbocycles. The van der Waals surface area contributed by atoms with Crippen molar-refractivity contribution in [3.8, 4) is 0 Å². The molecule has 1 N–H and O–H groups in total. The van der Waals surface area contributed by atoms with Gasteiger partial charge in [0.2, 0.25) is 0 Å². The Kier molecular flexibility index (Phi) is 4.58. The number of likely N-dealkylation sites (tertiary alicyclic amines) is 1. The Labute approximate surface area is 126 Å². The Bertz CT molecular complexity index is 513. The molecule has 0 spiro atoms. The van der Waals surface area contributed by atoms with Crippen molar-refractivity contribution in [2.75, 3.05) is 37.6 Å². The first kappa shape index (κ1) is 14.6. The molecule has 2 aliphatic rings. The highest BCUT2D eigenvalue weighted by Gasteiger charge is 2.23. The summed E-state index contributed by atoms with van der Waals surface area (Å²) in [6.07, 6.45) is 5.94. The first-order chi connectivity index (χ1) is 10.2. The predicted octanol–water partition coefficient (Wildman–Crippen LogP) is 1.64. The van der Waals surface area contributed by atoms with Gasteiger partial charge in [-0.2, -0.15) is 0 Å². The van der Waals surface area contributed by atoms with E-state index in [9.17, 15) is 4.79 Å². The third-order valence-electron chi connectivity index (χ3n) is 4.77. The molecular weight excluding hydrogens is 264 g/mol. The highest BCUT2D eigenvalue weighted by molar-refractivity contribution is 5.37. The predicted molar refractivity (Wildman–Crippen MR) is 84.8 cm³/mol. The Morgan fingerprint density at radius 3 is 2.62 bits per heavy atom. The lowest BCUT2D eigenvalue weighted by atomic mass is 9.96. The highest BCUT2D eigenvalue weighted by atomic mass is 16.1. The number of hydrogen-bond acceptors (Lipinski definition) is 4. The van der Waals surface area contributed by atoms with Gasteiger partial charge in [-0.15, -0.1) is 0 Å². The van der Waals surface area contributed by atoms with Crippen LogP contribution in [-0.4, -0.2) is 47.6 Å². The molecule has 3 rings (SSSR count). The van der Waals surface area contributed by atoms with Crippen LogP contribution >= 0.6 is 0 Å². The fraction of sp³-hybridized carbons (Fsp3) is 0.750. The van der Waals surface area contributed by atoms with Crippen LogP contribution in [0.5, 0.6) is 0 Å². The van der Waals surface area contributed by atoms with Crippen LogP contribution in [0.1, 0.15) is 38.4 Å². The van der Waals surface area contributed by atoms with E-state index in [4.69, 9.17) is 0 Å². The monoisotopic (exact) mass is 290 g/mol. The molecular formula is C16H26N4O. The van der Waals surface area contributed by atoms with Crippen LogP contribution in [0.15, 0.2) is 10.9 Å². The van der Waals surface area contributed by atoms with Crippen molar-refractivity contribution in [2.24, 2.45) is 5.92 Å². The zero-order valence-corrected chi connectivity index (χ0v) is 13.0. The van der Waals surface area contributed by atoms with Crippen molar-refractivity contribution in [3.63, 3.8) is 0 Å². The summed E-state index contributed by atoms with van der Waals surface area (Å²) in [5, 5.41) is 0. The van der Waals surface area contributed by atoms with E-state index in [1.807, 2.05) is 6.92 Å². The molecule has 2 saturated heterocycles. The highest BCUT2D eigenvalue weighted by Crippen LogP contribution is 2.23. The summed E-state index contributed by atoms with van der Waals surface area (Å²) < 4.78 is 0. The van der Waals surface area contributed by atoms with Crippen molar-refractivity contribution in [3.05, 3.63) is 22.2 Å². The zero-order chi connectivity index (χ0) is 14.7. The lowest BCUT2D eigenvalue weighted by Gasteiger charge is -2.34. The van der Waals surface area contributed by atoms with Gasteiger partial charge in [-0.05, 0) is 44.7 Å². The van der Waals surface area contributed by atoms with E-state index in [1.165, 1.54) is 45.3 Å². The van der Waals surface area contributed by atoms with Gasteiger partial charge in [0.25, 0.3) is 5.56 Å². The van der Waals surface area contributed by atoms with Crippen molar-refractivity contribution in [1.82, 2.24) is 14.9 Å². The molecule has 3 heterocycles. The average molecular weight is 290 g/mol. The number of aryl methyl sites for hydroxylation is 1. The van der Waals surface area contributed by atoms with E-state index in [-0.39, 0.29) is 5.56 Å². The number of nitrogens with zero attached hydrogens (tertiary/aromatic N) is 3. The number of rotatable bonds is 4. The SMILES string of the molecule is CCc1nc(N2CCC(CN3CCCC3)CC2)cc(=O)[nH]1. The van der Waals surface area contributed by atoms with Gasteiger partial charge in [0.05, 0.1) is 0 Å². The Balaban J connectivity index is 1.57. The van der Waals surface area contributed by atoms with Gasteiger partial charge >= 0.3 is 0 Å². The van der Waals surface area contributed by atoms with Crippen LogP contribution in [-0.2, 0) is 6.42 Å². The van der Waals surface area contributed by atoms with Crippen LogP contribution in [0.2, 0.25) is 0 Å². The third kappa shape index (κ3) is 3.64. The second kappa shape index (κ2) is 6.60. The molecule has 5 nitrogen and oxygen atoms in total. The summed E-state index contributed by atoms with van der Waals surface area (Å²) in [6, 6.07) is 1.64.